The SMILES string of the molecule is COc1c(C)c(C(=O)c2ccc(-n3c(N)c4c(cc3=O)C(=O)NC4=O)c(C(=O)O)c2)n2ccccc12. The summed E-state index contributed by atoms with van der Waals surface area (Å²) in [5, 5.41) is 12.0. The quantitative estimate of drug-likeness (QED) is 0.284. The Labute approximate surface area is 202 Å². The highest BCUT2D eigenvalue weighted by molar-refractivity contribution is 6.23. The molecule has 1 aromatic carbocycles. The molecule has 0 bridgehead atoms. The van der Waals surface area contributed by atoms with Crippen LogP contribution in [0.4, 0.5) is 5.82 Å². The molecule has 0 unspecified atom stereocenters. The van der Waals surface area contributed by atoms with Crippen LogP contribution < -0.4 is 21.3 Å². The Morgan fingerprint density at radius 3 is 2.50 bits per heavy atom. The number of rotatable bonds is 5. The van der Waals surface area contributed by atoms with Gasteiger partial charge in [-0.05, 0) is 37.3 Å². The number of ether oxygens (including phenoxy) is 1. The van der Waals surface area contributed by atoms with Gasteiger partial charge in [-0.1, -0.05) is 6.07 Å². The number of nitrogens with zero attached hydrogens (tertiary/aromatic N) is 2. The topological polar surface area (TPSA) is 162 Å². The van der Waals surface area contributed by atoms with Crippen molar-refractivity contribution >= 4 is 34.9 Å². The fourth-order valence-corrected chi connectivity index (χ4v) is 4.55. The number of ketones is 1. The number of amides is 2. The average molecular weight is 486 g/mol. The van der Waals surface area contributed by atoms with Crippen molar-refractivity contribution in [1.82, 2.24) is 14.3 Å². The first-order chi connectivity index (χ1) is 17.1. The summed E-state index contributed by atoms with van der Waals surface area (Å²) in [7, 11) is 1.49. The molecule has 4 N–H and O–H groups in total. The zero-order valence-electron chi connectivity index (χ0n) is 19.0. The molecule has 1 aliphatic heterocycles. The Morgan fingerprint density at radius 2 is 1.81 bits per heavy atom. The van der Waals surface area contributed by atoms with Crippen LogP contribution in [-0.2, 0) is 0 Å². The van der Waals surface area contributed by atoms with Crippen molar-refractivity contribution in [2.45, 2.75) is 6.92 Å². The number of imide groups is 1. The normalized spacial score (nSPS) is 12.5. The summed E-state index contributed by atoms with van der Waals surface area (Å²) < 4.78 is 7.95. The molecule has 0 saturated carbocycles. The lowest BCUT2D eigenvalue weighted by atomic mass is 10.0. The molecular weight excluding hydrogens is 468 g/mol. The van der Waals surface area contributed by atoms with Crippen molar-refractivity contribution in [2.75, 3.05) is 12.8 Å². The van der Waals surface area contributed by atoms with Gasteiger partial charge in [0, 0.05) is 23.4 Å². The number of aromatic nitrogens is 2. The highest BCUT2D eigenvalue weighted by Crippen LogP contribution is 2.32. The summed E-state index contributed by atoms with van der Waals surface area (Å²) >= 11 is 0. The van der Waals surface area contributed by atoms with Gasteiger partial charge in [-0.15, -0.1) is 0 Å². The minimum absolute atomic E-state index is 0.0471. The van der Waals surface area contributed by atoms with Crippen molar-refractivity contribution in [3.8, 4) is 11.4 Å². The first-order valence-corrected chi connectivity index (χ1v) is 10.6. The second-order valence-electron chi connectivity index (χ2n) is 8.10. The summed E-state index contributed by atoms with van der Waals surface area (Å²) in [5.41, 5.74) is 5.85. The fourth-order valence-electron chi connectivity index (χ4n) is 4.55. The Morgan fingerprint density at radius 1 is 1.06 bits per heavy atom. The van der Waals surface area contributed by atoms with Crippen molar-refractivity contribution in [1.29, 1.82) is 0 Å². The van der Waals surface area contributed by atoms with Crippen LogP contribution in [0.3, 0.4) is 0 Å². The molecule has 4 aromatic rings. The third kappa shape index (κ3) is 3.10. The summed E-state index contributed by atoms with van der Waals surface area (Å²) in [6, 6.07) is 10.0. The van der Waals surface area contributed by atoms with Crippen LogP contribution >= 0.6 is 0 Å². The molecule has 5 rings (SSSR count). The third-order valence-corrected chi connectivity index (χ3v) is 6.13. The van der Waals surface area contributed by atoms with E-state index in [4.69, 9.17) is 10.5 Å². The number of anilines is 1. The van der Waals surface area contributed by atoms with Crippen molar-refractivity contribution in [3.05, 3.63) is 92.5 Å². The van der Waals surface area contributed by atoms with E-state index in [1.165, 1.54) is 19.2 Å². The fraction of sp³-hybridized carbons (Fsp3) is 0.0800. The monoisotopic (exact) mass is 486 g/mol. The zero-order valence-corrected chi connectivity index (χ0v) is 19.0. The first-order valence-electron chi connectivity index (χ1n) is 10.6. The van der Waals surface area contributed by atoms with Crippen LogP contribution in [0.1, 0.15) is 52.7 Å². The van der Waals surface area contributed by atoms with Gasteiger partial charge in [0.2, 0.25) is 5.78 Å². The molecular formula is C25H18N4O7. The van der Waals surface area contributed by atoms with Gasteiger partial charge in [-0.3, -0.25) is 29.1 Å². The standard InChI is InChI=1S/C25H18N4O7/c1-11-19(28-8-4-3-5-16(28)21(11)36-2)20(31)12-6-7-15(13(9-12)25(34)35)29-17(30)10-14-18(22(29)26)24(33)27-23(14)32/h3-10H,26H2,1-2H3,(H,34,35)(H,27,32,33). The molecule has 11 heteroatoms. The highest BCUT2D eigenvalue weighted by atomic mass is 16.5. The molecule has 11 nitrogen and oxygen atoms in total. The Bertz CT molecular complexity index is 1730. The maximum Gasteiger partial charge on any atom is 0.337 e. The lowest BCUT2D eigenvalue weighted by Gasteiger charge is -2.15. The van der Waals surface area contributed by atoms with Crippen molar-refractivity contribution in [2.24, 2.45) is 0 Å². The minimum atomic E-state index is -1.43. The van der Waals surface area contributed by atoms with E-state index >= 15 is 0 Å². The van der Waals surface area contributed by atoms with Gasteiger partial charge in [0.25, 0.3) is 17.4 Å². The summed E-state index contributed by atoms with van der Waals surface area (Å²) in [5.74, 6) is -3.34. The van der Waals surface area contributed by atoms with E-state index in [2.05, 4.69) is 5.32 Å². The van der Waals surface area contributed by atoms with Crippen LogP contribution in [-0.4, -0.2) is 44.8 Å². The van der Waals surface area contributed by atoms with E-state index in [1.54, 1.807) is 35.7 Å². The molecule has 4 heterocycles. The Kier molecular flexibility index (Phi) is 4.99. The number of pyridine rings is 2. The lowest BCUT2D eigenvalue weighted by Crippen LogP contribution is -2.26. The van der Waals surface area contributed by atoms with Gasteiger partial charge >= 0.3 is 5.97 Å². The molecule has 0 radical (unpaired) electrons. The van der Waals surface area contributed by atoms with Crippen LogP contribution in [0.15, 0.2) is 53.5 Å². The van der Waals surface area contributed by atoms with E-state index in [0.717, 1.165) is 16.7 Å². The number of carbonyl (C=O) groups is 4. The number of methoxy groups -OCH3 is 1. The molecule has 1 aliphatic rings. The number of carboxylic acids is 1. The molecule has 0 saturated heterocycles. The largest absolute Gasteiger partial charge is 0.494 e. The van der Waals surface area contributed by atoms with E-state index < -0.39 is 34.7 Å². The maximum atomic E-state index is 13.5. The van der Waals surface area contributed by atoms with Gasteiger partial charge in [0.05, 0.1) is 35.0 Å². The minimum Gasteiger partial charge on any atom is -0.494 e. The number of nitrogen functional groups attached to an aromatic ring is 1. The number of fused-ring (bicyclic) bond motifs is 2. The Hall–Kier alpha value is -5.19. The van der Waals surface area contributed by atoms with Gasteiger partial charge in [-0.25, -0.2) is 4.79 Å². The van der Waals surface area contributed by atoms with Gasteiger partial charge < -0.3 is 20.0 Å². The average Bonchev–Trinajstić information content (AvgIpc) is 3.29. The van der Waals surface area contributed by atoms with Crippen LogP contribution in [0.2, 0.25) is 0 Å². The number of aromatic carboxylic acids is 1. The number of benzene rings is 1. The van der Waals surface area contributed by atoms with Crippen LogP contribution in [0, 0.1) is 6.92 Å². The zero-order chi connectivity index (χ0) is 25.9. The molecule has 0 atom stereocenters. The smallest absolute Gasteiger partial charge is 0.337 e. The van der Waals surface area contributed by atoms with Crippen molar-refractivity contribution < 1.29 is 29.0 Å². The van der Waals surface area contributed by atoms with Crippen LogP contribution in [0.25, 0.3) is 11.2 Å². The highest BCUT2D eigenvalue weighted by Gasteiger charge is 2.33. The molecule has 180 valence electrons. The lowest BCUT2D eigenvalue weighted by molar-refractivity contribution is 0.0696. The third-order valence-electron chi connectivity index (χ3n) is 6.13. The molecule has 0 spiro atoms. The number of hydrogen-bond donors (Lipinski definition) is 3. The second-order valence-corrected chi connectivity index (χ2v) is 8.10. The van der Waals surface area contributed by atoms with Gasteiger partial charge in [-0.2, -0.15) is 0 Å². The predicted octanol–water partition coefficient (Wildman–Crippen LogP) is 1.80. The van der Waals surface area contributed by atoms with Gasteiger partial charge in [0.15, 0.2) is 0 Å². The molecule has 2 amide bonds. The van der Waals surface area contributed by atoms with E-state index in [-0.39, 0.29) is 33.9 Å². The van der Waals surface area contributed by atoms with Crippen LogP contribution in [0.5, 0.6) is 5.75 Å². The maximum absolute atomic E-state index is 13.5. The molecule has 0 aliphatic carbocycles. The number of hydrogen-bond acceptors (Lipinski definition) is 7. The van der Waals surface area contributed by atoms with Gasteiger partial charge in [0.1, 0.15) is 17.3 Å². The molecule has 0 fully saturated rings. The Balaban J connectivity index is 1.70. The molecule has 3 aromatic heterocycles. The number of nitrogens with two attached hydrogens (primary N) is 1. The number of carboxylic acid groups (broad SMARTS) is 1. The number of carbonyl (C=O) groups excluding carboxylic acids is 3. The molecule has 36 heavy (non-hydrogen) atoms. The summed E-state index contributed by atoms with van der Waals surface area (Å²) in [4.78, 5) is 62.6. The second kappa shape index (κ2) is 7.94. The van der Waals surface area contributed by atoms with E-state index in [0.29, 0.717) is 16.8 Å². The van der Waals surface area contributed by atoms with E-state index in [9.17, 15) is 29.1 Å². The summed E-state index contributed by atoms with van der Waals surface area (Å²) in [6.07, 6.45) is 1.70. The number of nitrogens with one attached hydrogen (secondary N) is 1. The summed E-state index contributed by atoms with van der Waals surface area (Å²) in [6.45, 7) is 1.72. The van der Waals surface area contributed by atoms with Crippen molar-refractivity contribution in [3.63, 3.8) is 0 Å². The predicted molar refractivity (Wildman–Crippen MR) is 127 cm³/mol. The first kappa shape index (κ1) is 22.6. The van der Waals surface area contributed by atoms with E-state index in [1.807, 2.05) is 0 Å².